The van der Waals surface area contributed by atoms with Crippen LogP contribution in [0.25, 0.3) is 11.4 Å². The molecule has 2 atom stereocenters. The Balaban J connectivity index is 1.37. The zero-order chi connectivity index (χ0) is 17.9. The van der Waals surface area contributed by atoms with Gasteiger partial charge in [0.15, 0.2) is 0 Å². The summed E-state index contributed by atoms with van der Waals surface area (Å²) in [5.41, 5.74) is 0.888. The molecule has 2 amide bonds. The summed E-state index contributed by atoms with van der Waals surface area (Å²) in [5.74, 6) is 1.04. The summed E-state index contributed by atoms with van der Waals surface area (Å²) in [5, 5.41) is 7.03. The second-order valence-corrected chi connectivity index (χ2v) is 7.01. The molecule has 2 aliphatic rings. The predicted molar refractivity (Wildman–Crippen MR) is 93.9 cm³/mol. The number of benzene rings is 1. The lowest BCUT2D eigenvalue weighted by atomic mass is 9.99. The number of hydrogen-bond donors (Lipinski definition) is 1. The van der Waals surface area contributed by atoms with Gasteiger partial charge in [-0.1, -0.05) is 41.9 Å². The van der Waals surface area contributed by atoms with Crippen molar-refractivity contribution < 1.29 is 14.1 Å². The Morgan fingerprint density at radius 2 is 2.08 bits per heavy atom. The van der Waals surface area contributed by atoms with E-state index in [-0.39, 0.29) is 23.8 Å². The van der Waals surface area contributed by atoms with Crippen molar-refractivity contribution in [3.05, 3.63) is 36.2 Å². The third-order valence-corrected chi connectivity index (χ3v) is 5.11. The highest BCUT2D eigenvalue weighted by Crippen LogP contribution is 2.22. The van der Waals surface area contributed by atoms with Gasteiger partial charge in [0, 0.05) is 37.5 Å². The molecule has 1 aromatic carbocycles. The van der Waals surface area contributed by atoms with E-state index in [0.29, 0.717) is 37.6 Å². The molecule has 26 heavy (non-hydrogen) atoms. The van der Waals surface area contributed by atoms with E-state index in [0.717, 1.165) is 24.8 Å². The van der Waals surface area contributed by atoms with Crippen LogP contribution in [0.5, 0.6) is 0 Å². The van der Waals surface area contributed by atoms with Crippen LogP contribution < -0.4 is 5.32 Å². The highest BCUT2D eigenvalue weighted by molar-refractivity contribution is 5.82. The third-order valence-electron chi connectivity index (χ3n) is 5.11. The summed E-state index contributed by atoms with van der Waals surface area (Å²) in [4.78, 5) is 30.9. The van der Waals surface area contributed by atoms with E-state index in [1.807, 2.05) is 35.2 Å². The average Bonchev–Trinajstić information content (AvgIpc) is 2.97. The lowest BCUT2D eigenvalue weighted by Gasteiger charge is -2.27. The van der Waals surface area contributed by atoms with Crippen molar-refractivity contribution in [1.29, 1.82) is 0 Å². The summed E-state index contributed by atoms with van der Waals surface area (Å²) in [6.07, 6.45) is 3.56. The maximum Gasteiger partial charge on any atom is 0.227 e. The first-order valence-corrected chi connectivity index (χ1v) is 9.15. The van der Waals surface area contributed by atoms with E-state index in [9.17, 15) is 9.59 Å². The van der Waals surface area contributed by atoms with E-state index >= 15 is 0 Å². The molecule has 0 spiro atoms. The quantitative estimate of drug-likeness (QED) is 0.904. The Kier molecular flexibility index (Phi) is 4.69. The van der Waals surface area contributed by atoms with Gasteiger partial charge in [-0.2, -0.15) is 4.98 Å². The molecule has 0 radical (unpaired) electrons. The normalized spacial score (nSPS) is 22.6. The molecular weight excluding hydrogens is 332 g/mol. The first-order valence-electron chi connectivity index (χ1n) is 9.15. The number of hydrogen-bond acceptors (Lipinski definition) is 5. The molecule has 7 heteroatoms. The molecule has 2 bridgehead atoms. The maximum atomic E-state index is 12.6. The molecule has 3 heterocycles. The first kappa shape index (κ1) is 16.8. The van der Waals surface area contributed by atoms with E-state index in [4.69, 9.17) is 4.52 Å². The molecule has 0 aliphatic carbocycles. The van der Waals surface area contributed by atoms with Crippen LogP contribution in [0.2, 0.25) is 0 Å². The summed E-state index contributed by atoms with van der Waals surface area (Å²) in [6, 6.07) is 9.67. The molecule has 1 aromatic heterocycles. The Hall–Kier alpha value is -2.70. The topological polar surface area (TPSA) is 88.3 Å². The fourth-order valence-electron chi connectivity index (χ4n) is 3.69. The molecule has 136 valence electrons. The van der Waals surface area contributed by atoms with Gasteiger partial charge < -0.3 is 14.7 Å². The second kappa shape index (κ2) is 7.27. The predicted octanol–water partition coefficient (Wildman–Crippen LogP) is 1.80. The number of carbonyl (C=O) groups excluding carboxylic acids is 2. The Bertz CT molecular complexity index is 789. The van der Waals surface area contributed by atoms with E-state index in [1.54, 1.807) is 0 Å². The highest BCUT2D eigenvalue weighted by Gasteiger charge is 2.34. The second-order valence-electron chi connectivity index (χ2n) is 7.01. The van der Waals surface area contributed by atoms with Crippen LogP contribution in [-0.2, 0) is 16.0 Å². The number of aromatic nitrogens is 2. The smallest absolute Gasteiger partial charge is 0.227 e. The zero-order valence-corrected chi connectivity index (χ0v) is 14.6. The Labute approximate surface area is 151 Å². The van der Waals surface area contributed by atoms with Crippen LogP contribution in [0.3, 0.4) is 0 Å². The number of nitrogens with zero attached hydrogens (tertiary/aromatic N) is 3. The molecule has 2 fully saturated rings. The van der Waals surface area contributed by atoms with Crippen LogP contribution in [-0.4, -0.2) is 46.0 Å². The zero-order valence-electron chi connectivity index (χ0n) is 14.6. The largest absolute Gasteiger partial charge is 0.351 e. The molecule has 2 saturated heterocycles. The minimum atomic E-state index is -0.0838. The minimum Gasteiger partial charge on any atom is -0.351 e. The molecule has 0 saturated carbocycles. The van der Waals surface area contributed by atoms with Crippen molar-refractivity contribution in [2.24, 2.45) is 5.92 Å². The maximum absolute atomic E-state index is 12.6. The summed E-state index contributed by atoms with van der Waals surface area (Å²) < 4.78 is 5.27. The molecular formula is C19H22N4O3. The van der Waals surface area contributed by atoms with Crippen LogP contribution in [0.4, 0.5) is 0 Å². The van der Waals surface area contributed by atoms with Crippen molar-refractivity contribution in [1.82, 2.24) is 20.4 Å². The number of fused-ring (bicyclic) bond motifs is 3. The molecule has 1 N–H and O–H groups in total. The highest BCUT2D eigenvalue weighted by atomic mass is 16.5. The lowest BCUT2D eigenvalue weighted by molar-refractivity contribution is -0.132. The first-order chi connectivity index (χ1) is 12.7. The van der Waals surface area contributed by atoms with Gasteiger partial charge in [-0.15, -0.1) is 0 Å². The number of likely N-dealkylation sites (tertiary alicyclic amines) is 1. The number of amides is 2. The third kappa shape index (κ3) is 3.61. The SMILES string of the molecule is O=C1NC2CCCC1CN(C(=O)CCc1nc(-c3ccccc3)no1)C2. The van der Waals surface area contributed by atoms with Crippen molar-refractivity contribution in [3.63, 3.8) is 0 Å². The van der Waals surface area contributed by atoms with Crippen LogP contribution >= 0.6 is 0 Å². The summed E-state index contributed by atoms with van der Waals surface area (Å²) >= 11 is 0. The van der Waals surface area contributed by atoms with Crippen molar-refractivity contribution in [2.75, 3.05) is 13.1 Å². The molecule has 4 rings (SSSR count). The van der Waals surface area contributed by atoms with Gasteiger partial charge in [0.05, 0.1) is 5.92 Å². The molecule has 2 aliphatic heterocycles. The average molecular weight is 354 g/mol. The fraction of sp³-hybridized carbons (Fsp3) is 0.474. The molecule has 2 unspecified atom stereocenters. The van der Waals surface area contributed by atoms with Crippen LogP contribution in [0, 0.1) is 5.92 Å². The number of carbonyl (C=O) groups is 2. The van der Waals surface area contributed by atoms with Gasteiger partial charge >= 0.3 is 0 Å². The molecule has 7 nitrogen and oxygen atoms in total. The monoisotopic (exact) mass is 354 g/mol. The number of nitrogens with one attached hydrogen (secondary N) is 1. The standard InChI is InChI=1S/C19H22N4O3/c24-17(23-11-14-7-4-8-15(12-23)20-19(14)25)10-9-16-21-18(22-26-16)13-5-2-1-3-6-13/h1-3,5-6,14-15H,4,7-12H2,(H,20,25). The Morgan fingerprint density at radius 1 is 1.23 bits per heavy atom. The van der Waals surface area contributed by atoms with Crippen molar-refractivity contribution in [3.8, 4) is 11.4 Å². The summed E-state index contributed by atoms with van der Waals surface area (Å²) in [6.45, 7) is 1.11. The fourth-order valence-corrected chi connectivity index (χ4v) is 3.69. The minimum absolute atomic E-state index is 0.0397. The summed E-state index contributed by atoms with van der Waals surface area (Å²) in [7, 11) is 0. The van der Waals surface area contributed by atoms with E-state index < -0.39 is 0 Å². The van der Waals surface area contributed by atoms with Gasteiger partial charge in [0.2, 0.25) is 23.5 Å². The lowest BCUT2D eigenvalue weighted by Crippen LogP contribution is -2.41. The molecule has 2 aromatic rings. The van der Waals surface area contributed by atoms with Crippen molar-refractivity contribution >= 4 is 11.8 Å². The Morgan fingerprint density at radius 3 is 2.92 bits per heavy atom. The van der Waals surface area contributed by atoms with Gasteiger partial charge in [-0.3, -0.25) is 9.59 Å². The van der Waals surface area contributed by atoms with Gasteiger partial charge in [-0.25, -0.2) is 0 Å². The van der Waals surface area contributed by atoms with Crippen LogP contribution in [0.1, 0.15) is 31.6 Å². The number of aryl methyl sites for hydroxylation is 1. The van der Waals surface area contributed by atoms with Crippen molar-refractivity contribution in [2.45, 2.75) is 38.1 Å². The van der Waals surface area contributed by atoms with Gasteiger partial charge in [-0.05, 0) is 12.8 Å². The van der Waals surface area contributed by atoms with Gasteiger partial charge in [0.1, 0.15) is 0 Å². The van der Waals surface area contributed by atoms with E-state index in [1.165, 1.54) is 0 Å². The van der Waals surface area contributed by atoms with Gasteiger partial charge in [0.25, 0.3) is 0 Å². The number of rotatable bonds is 4. The van der Waals surface area contributed by atoms with Crippen LogP contribution in [0.15, 0.2) is 34.9 Å². The van der Waals surface area contributed by atoms with E-state index in [2.05, 4.69) is 15.5 Å².